The van der Waals surface area contributed by atoms with Gasteiger partial charge in [0, 0.05) is 25.5 Å². The number of anilines is 1. The van der Waals surface area contributed by atoms with Crippen molar-refractivity contribution in [3.63, 3.8) is 0 Å². The van der Waals surface area contributed by atoms with E-state index in [1.165, 1.54) is 18.6 Å². The van der Waals surface area contributed by atoms with Crippen LogP contribution in [0, 0.1) is 0 Å². The summed E-state index contributed by atoms with van der Waals surface area (Å²) in [5, 5.41) is 14.2. The Morgan fingerprint density at radius 2 is 2.20 bits per heavy atom. The van der Waals surface area contributed by atoms with Crippen LogP contribution in [0.4, 0.5) is 5.13 Å². The second-order valence-corrected chi connectivity index (χ2v) is 6.95. The van der Waals surface area contributed by atoms with E-state index in [2.05, 4.69) is 25.2 Å². The number of thiazole rings is 1. The summed E-state index contributed by atoms with van der Waals surface area (Å²) in [4.78, 5) is 26.8. The molecule has 0 bridgehead atoms. The van der Waals surface area contributed by atoms with E-state index >= 15 is 0 Å². The lowest BCUT2D eigenvalue weighted by atomic mass is 10.0. The molecule has 0 radical (unpaired) electrons. The van der Waals surface area contributed by atoms with Crippen molar-refractivity contribution in [2.75, 3.05) is 18.0 Å². The van der Waals surface area contributed by atoms with E-state index in [0.717, 1.165) is 21.9 Å². The maximum atomic E-state index is 12.2. The lowest BCUT2D eigenvalue weighted by Crippen LogP contribution is -2.54. The highest BCUT2D eigenvalue weighted by molar-refractivity contribution is 7.22. The highest BCUT2D eigenvalue weighted by atomic mass is 32.1. The number of piperidine rings is 1. The van der Waals surface area contributed by atoms with Gasteiger partial charge in [-0.05, 0) is 18.6 Å². The van der Waals surface area contributed by atoms with Crippen molar-refractivity contribution >= 4 is 32.6 Å². The smallest absolute Gasteiger partial charge is 0.271 e. The van der Waals surface area contributed by atoms with Crippen LogP contribution in [-0.4, -0.2) is 51.2 Å². The first-order valence-electron chi connectivity index (χ1n) is 8.06. The highest BCUT2D eigenvalue weighted by Crippen LogP contribution is 2.30. The van der Waals surface area contributed by atoms with Crippen LogP contribution in [0.15, 0.2) is 42.9 Å². The van der Waals surface area contributed by atoms with E-state index in [-0.39, 0.29) is 17.6 Å². The molecule has 7 nitrogen and oxygen atoms in total. The number of aliphatic hydroxyl groups is 1. The number of para-hydroxylation sites is 1. The zero-order chi connectivity index (χ0) is 17.2. The van der Waals surface area contributed by atoms with Gasteiger partial charge in [0.2, 0.25) is 0 Å². The van der Waals surface area contributed by atoms with Crippen LogP contribution in [0.25, 0.3) is 10.2 Å². The first-order valence-corrected chi connectivity index (χ1v) is 8.88. The molecule has 2 aromatic heterocycles. The molecule has 1 fully saturated rings. The van der Waals surface area contributed by atoms with Crippen LogP contribution in [0.3, 0.4) is 0 Å². The first kappa shape index (κ1) is 15.9. The van der Waals surface area contributed by atoms with Gasteiger partial charge >= 0.3 is 0 Å². The standard InChI is InChI=1S/C17H17N5O2S/c23-14-10-22(17-21-12-3-1-2-4-15(12)25-17)8-5-11(14)20-16(24)13-9-18-6-7-19-13/h1-4,6-7,9,11,14,23H,5,8,10H2,(H,20,24)/t11-,14-/m1/s1. The number of aliphatic hydroxyl groups excluding tert-OH is 1. The molecule has 0 aliphatic carbocycles. The van der Waals surface area contributed by atoms with Gasteiger partial charge in [0.25, 0.3) is 5.91 Å². The Morgan fingerprint density at radius 3 is 2.96 bits per heavy atom. The molecule has 1 aromatic carbocycles. The second-order valence-electron chi connectivity index (χ2n) is 5.94. The van der Waals surface area contributed by atoms with Gasteiger partial charge in [-0.25, -0.2) is 9.97 Å². The van der Waals surface area contributed by atoms with Crippen molar-refractivity contribution in [1.82, 2.24) is 20.3 Å². The van der Waals surface area contributed by atoms with Crippen molar-refractivity contribution < 1.29 is 9.90 Å². The molecule has 0 unspecified atom stereocenters. The summed E-state index contributed by atoms with van der Waals surface area (Å²) in [6, 6.07) is 7.68. The fourth-order valence-corrected chi connectivity index (χ4v) is 3.93. The van der Waals surface area contributed by atoms with E-state index in [1.807, 2.05) is 24.3 Å². The average molecular weight is 355 g/mol. The Labute approximate surface area is 148 Å². The quantitative estimate of drug-likeness (QED) is 0.739. The van der Waals surface area contributed by atoms with E-state index in [1.54, 1.807) is 11.3 Å². The van der Waals surface area contributed by atoms with Crippen molar-refractivity contribution in [2.45, 2.75) is 18.6 Å². The summed E-state index contributed by atoms with van der Waals surface area (Å²) in [5.74, 6) is -0.314. The molecule has 0 spiro atoms. The molecule has 1 saturated heterocycles. The van der Waals surface area contributed by atoms with Gasteiger partial charge in [-0.3, -0.25) is 9.78 Å². The summed E-state index contributed by atoms with van der Waals surface area (Å²) in [5.41, 5.74) is 1.22. The zero-order valence-corrected chi connectivity index (χ0v) is 14.2. The van der Waals surface area contributed by atoms with Gasteiger partial charge < -0.3 is 15.3 Å². The zero-order valence-electron chi connectivity index (χ0n) is 13.4. The van der Waals surface area contributed by atoms with Gasteiger partial charge in [-0.15, -0.1) is 0 Å². The SMILES string of the molecule is O=C(N[C@@H]1CCN(c2nc3ccccc3s2)C[C@H]1O)c1cnccn1. The topological polar surface area (TPSA) is 91.2 Å². The number of β-amino-alcohol motifs (C(OH)–C–C–N with tert-alkyl or cyclic N) is 1. The van der Waals surface area contributed by atoms with Crippen LogP contribution >= 0.6 is 11.3 Å². The maximum Gasteiger partial charge on any atom is 0.271 e. The van der Waals surface area contributed by atoms with Crippen LogP contribution in [0.5, 0.6) is 0 Å². The number of aromatic nitrogens is 3. The van der Waals surface area contributed by atoms with E-state index in [9.17, 15) is 9.90 Å². The van der Waals surface area contributed by atoms with Crippen LogP contribution in [0.2, 0.25) is 0 Å². The normalized spacial score (nSPS) is 20.6. The third-order valence-electron chi connectivity index (χ3n) is 4.25. The minimum Gasteiger partial charge on any atom is -0.389 e. The molecule has 4 rings (SSSR count). The Hall–Kier alpha value is -2.58. The number of carbonyl (C=O) groups is 1. The monoisotopic (exact) mass is 355 g/mol. The van der Waals surface area contributed by atoms with Gasteiger partial charge in [-0.1, -0.05) is 23.5 Å². The molecule has 3 heterocycles. The summed E-state index contributed by atoms with van der Waals surface area (Å²) in [7, 11) is 0. The number of fused-ring (bicyclic) bond motifs is 1. The molecule has 2 N–H and O–H groups in total. The van der Waals surface area contributed by atoms with Gasteiger partial charge in [0.05, 0.1) is 28.6 Å². The lowest BCUT2D eigenvalue weighted by molar-refractivity contribution is 0.0793. The average Bonchev–Trinajstić information content (AvgIpc) is 3.08. The number of amides is 1. The molecular formula is C17H17N5O2S. The van der Waals surface area contributed by atoms with Crippen LogP contribution in [-0.2, 0) is 0 Å². The number of rotatable bonds is 3. The number of nitrogens with zero attached hydrogens (tertiary/aromatic N) is 4. The number of carbonyl (C=O) groups excluding carboxylic acids is 1. The van der Waals surface area contributed by atoms with Crippen molar-refractivity contribution in [3.05, 3.63) is 48.5 Å². The first-order chi connectivity index (χ1) is 12.2. The van der Waals surface area contributed by atoms with Gasteiger partial charge in [0.1, 0.15) is 5.69 Å². The van der Waals surface area contributed by atoms with Crippen molar-refractivity contribution in [1.29, 1.82) is 0 Å². The van der Waals surface area contributed by atoms with Crippen LogP contribution in [0.1, 0.15) is 16.9 Å². The molecule has 25 heavy (non-hydrogen) atoms. The van der Waals surface area contributed by atoms with E-state index in [0.29, 0.717) is 13.0 Å². The third kappa shape index (κ3) is 3.31. The summed E-state index contributed by atoms with van der Waals surface area (Å²) in [6.07, 6.45) is 4.38. The minimum absolute atomic E-state index is 0.253. The van der Waals surface area contributed by atoms with Crippen LogP contribution < -0.4 is 10.2 Å². The minimum atomic E-state index is -0.665. The van der Waals surface area contributed by atoms with Gasteiger partial charge in [-0.2, -0.15) is 0 Å². The largest absolute Gasteiger partial charge is 0.389 e. The lowest BCUT2D eigenvalue weighted by Gasteiger charge is -2.36. The summed E-state index contributed by atoms with van der Waals surface area (Å²) in [6.45, 7) is 1.16. The fraction of sp³-hybridized carbons (Fsp3) is 0.294. The molecule has 8 heteroatoms. The number of benzene rings is 1. The Kier molecular flexibility index (Phi) is 4.29. The molecule has 3 aromatic rings. The number of nitrogens with one attached hydrogen (secondary N) is 1. The molecule has 1 amide bonds. The molecule has 1 aliphatic rings. The van der Waals surface area contributed by atoms with Gasteiger partial charge in [0.15, 0.2) is 5.13 Å². The number of hydrogen-bond donors (Lipinski definition) is 2. The molecule has 128 valence electrons. The molecule has 2 atom stereocenters. The Morgan fingerprint density at radius 1 is 1.32 bits per heavy atom. The third-order valence-corrected chi connectivity index (χ3v) is 5.34. The van der Waals surface area contributed by atoms with Crippen molar-refractivity contribution in [3.8, 4) is 0 Å². The van der Waals surface area contributed by atoms with E-state index in [4.69, 9.17) is 0 Å². The molecule has 1 aliphatic heterocycles. The predicted molar refractivity (Wildman–Crippen MR) is 95.7 cm³/mol. The maximum absolute atomic E-state index is 12.2. The summed E-state index contributed by atoms with van der Waals surface area (Å²) < 4.78 is 1.13. The van der Waals surface area contributed by atoms with Crippen molar-refractivity contribution in [2.24, 2.45) is 0 Å². The predicted octanol–water partition coefficient (Wildman–Crippen LogP) is 1.46. The number of hydrogen-bond acceptors (Lipinski definition) is 7. The Bertz CT molecular complexity index is 852. The fourth-order valence-electron chi connectivity index (χ4n) is 2.93. The summed E-state index contributed by atoms with van der Waals surface area (Å²) >= 11 is 1.62. The Balaban J connectivity index is 1.42. The second kappa shape index (κ2) is 6.73. The highest BCUT2D eigenvalue weighted by Gasteiger charge is 2.30. The van der Waals surface area contributed by atoms with E-state index < -0.39 is 6.10 Å². The molecule has 0 saturated carbocycles. The molecular weight excluding hydrogens is 338 g/mol.